The van der Waals surface area contributed by atoms with Crippen molar-refractivity contribution in [3.63, 3.8) is 0 Å². The maximum absolute atomic E-state index is 9.04. The molecule has 0 saturated carbocycles. The van der Waals surface area contributed by atoms with Crippen molar-refractivity contribution in [1.29, 1.82) is 0 Å². The van der Waals surface area contributed by atoms with Crippen LogP contribution in [0.15, 0.2) is 15.2 Å². The molecule has 5 nitrogen and oxygen atoms in total. The summed E-state index contributed by atoms with van der Waals surface area (Å²) in [6.45, 7) is 0. The highest BCUT2D eigenvalue weighted by molar-refractivity contribution is 5.91. The first-order valence-electron chi connectivity index (χ1n) is 2.89. The predicted molar refractivity (Wildman–Crippen MR) is 36.2 cm³/mol. The second-order valence-corrected chi connectivity index (χ2v) is 2.15. The minimum absolute atomic E-state index is 0.0732. The summed E-state index contributed by atoms with van der Waals surface area (Å²) in [4.78, 5) is 0. The van der Waals surface area contributed by atoms with Crippen molar-refractivity contribution in [3.05, 3.63) is 6.07 Å². The number of rotatable bonds is 0. The summed E-state index contributed by atoms with van der Waals surface area (Å²) in [6, 6.07) is 1.09. The molecule has 0 unspecified atom stereocenters. The minimum Gasteiger partial charge on any atom is -0.505 e. The van der Waals surface area contributed by atoms with Gasteiger partial charge in [0.2, 0.25) is 0 Å². The molecule has 5 heteroatoms. The van der Waals surface area contributed by atoms with Crippen molar-refractivity contribution >= 4 is 16.9 Å². The molecule has 0 radical (unpaired) electrons. The summed E-state index contributed by atoms with van der Waals surface area (Å²) in [5.74, 6) is -0.400. The lowest BCUT2D eigenvalue weighted by Gasteiger charge is -2.04. The van der Waals surface area contributed by atoms with Crippen molar-refractivity contribution < 1.29 is 19.4 Å². The van der Waals surface area contributed by atoms with Crippen LogP contribution in [-0.2, 0) is 0 Å². The molecular weight excluding hydrogens is 150 g/mol. The smallest absolute Gasteiger partial charge is 0.269 e. The predicted octanol–water partition coefficient (Wildman–Crippen LogP) is 1.02. The van der Waals surface area contributed by atoms with E-state index in [4.69, 9.17) is 15.9 Å². The molecule has 1 aromatic carbocycles. The minimum atomic E-state index is -0.218. The van der Waals surface area contributed by atoms with Gasteiger partial charge in [0.25, 0.3) is 11.2 Å². The molecule has 2 aromatic rings. The molecule has 0 aliphatic carbocycles. The summed E-state index contributed by atoms with van der Waals surface area (Å²) in [5.41, 5.74) is 5.76. The highest BCUT2D eigenvalue weighted by atomic mass is 17.0. The lowest BCUT2D eigenvalue weighted by molar-refractivity contribution is 0.0570. The molecule has 0 aliphatic heterocycles. The van der Waals surface area contributed by atoms with Gasteiger partial charge in [-0.2, -0.15) is 0 Å². The average molecular weight is 155 g/mol. The van der Waals surface area contributed by atoms with Crippen LogP contribution < -0.4 is 5.73 Å². The molecule has 2 rings (SSSR count). The topological polar surface area (TPSA) is 92.8 Å². The number of nitrogen functional groups attached to an aromatic ring is 1. The van der Waals surface area contributed by atoms with Crippen molar-refractivity contribution in [2.75, 3.05) is 5.73 Å². The van der Waals surface area contributed by atoms with Crippen molar-refractivity contribution in [3.8, 4) is 11.5 Å². The van der Waals surface area contributed by atoms with E-state index in [1.54, 1.807) is 0 Å². The Morgan fingerprint density at radius 3 is 2.27 bits per heavy atom. The second-order valence-electron chi connectivity index (χ2n) is 2.15. The zero-order chi connectivity index (χ0) is 8.01. The summed E-state index contributed by atoms with van der Waals surface area (Å²) < 4.78 is 8.83. The Morgan fingerprint density at radius 2 is 1.73 bits per heavy atom. The van der Waals surface area contributed by atoms with E-state index in [1.807, 2.05) is 0 Å². The first kappa shape index (κ1) is 5.96. The number of hydrogen-bond acceptors (Lipinski definition) is 5. The standard InChI is InChI=1S/C6H5NO4/c7-4-2(8)1-3(9)5-6(4)11-10-5/h1,8-9H,7H2. The Morgan fingerprint density at radius 1 is 1.09 bits per heavy atom. The van der Waals surface area contributed by atoms with E-state index in [0.717, 1.165) is 6.07 Å². The molecular formula is C6H5NO4. The molecule has 0 bridgehead atoms. The summed E-state index contributed by atoms with van der Waals surface area (Å²) in [5, 5.41) is 18.1. The van der Waals surface area contributed by atoms with E-state index < -0.39 is 0 Å². The monoisotopic (exact) mass is 155 g/mol. The third-order valence-electron chi connectivity index (χ3n) is 1.44. The van der Waals surface area contributed by atoms with Gasteiger partial charge in [-0.25, -0.2) is 0 Å². The first-order valence-corrected chi connectivity index (χ1v) is 2.89. The molecule has 0 amide bonds. The van der Waals surface area contributed by atoms with Crippen LogP contribution >= 0.6 is 0 Å². The Kier molecular flexibility index (Phi) is 0.883. The van der Waals surface area contributed by atoms with E-state index in [1.165, 1.54) is 0 Å². The van der Waals surface area contributed by atoms with E-state index in [9.17, 15) is 0 Å². The summed E-state index contributed by atoms with van der Waals surface area (Å²) in [6.07, 6.45) is 0. The number of benzene rings is 1. The lowest BCUT2D eigenvalue weighted by atomic mass is 10.2. The second kappa shape index (κ2) is 1.63. The third kappa shape index (κ3) is 0.590. The van der Waals surface area contributed by atoms with E-state index in [-0.39, 0.29) is 28.4 Å². The Hall–Kier alpha value is -1.78. The van der Waals surface area contributed by atoms with Crippen molar-refractivity contribution in [1.82, 2.24) is 0 Å². The van der Waals surface area contributed by atoms with E-state index in [0.29, 0.717) is 0 Å². The molecule has 0 fully saturated rings. The van der Waals surface area contributed by atoms with Crippen LogP contribution in [0.25, 0.3) is 11.2 Å². The van der Waals surface area contributed by atoms with Gasteiger partial charge in [0.05, 0.1) is 0 Å². The zero-order valence-electron chi connectivity index (χ0n) is 5.37. The van der Waals surface area contributed by atoms with Gasteiger partial charge >= 0.3 is 0 Å². The third-order valence-corrected chi connectivity index (χ3v) is 1.44. The van der Waals surface area contributed by atoms with Crippen LogP contribution in [0.4, 0.5) is 5.69 Å². The fraction of sp³-hybridized carbons (Fsp3) is 0. The van der Waals surface area contributed by atoms with Gasteiger partial charge < -0.3 is 15.9 Å². The fourth-order valence-corrected chi connectivity index (χ4v) is 0.840. The molecule has 1 heterocycles. The normalized spacial score (nSPS) is 10.9. The van der Waals surface area contributed by atoms with Crippen molar-refractivity contribution in [2.45, 2.75) is 0 Å². The SMILES string of the molecule is Nc1c(O)cc(O)c2ooc12. The van der Waals surface area contributed by atoms with Gasteiger partial charge in [-0.15, -0.1) is 0 Å². The lowest BCUT2D eigenvalue weighted by Crippen LogP contribution is -1.89. The van der Waals surface area contributed by atoms with Gasteiger partial charge in [0, 0.05) is 6.07 Å². The molecule has 0 saturated heterocycles. The van der Waals surface area contributed by atoms with Crippen LogP contribution in [0, 0.1) is 0 Å². The number of fused-ring (bicyclic) bond motifs is 1. The number of phenols is 2. The van der Waals surface area contributed by atoms with Gasteiger partial charge in [0.15, 0.2) is 5.75 Å². The highest BCUT2D eigenvalue weighted by Crippen LogP contribution is 2.38. The molecule has 11 heavy (non-hydrogen) atoms. The maximum atomic E-state index is 9.04. The van der Waals surface area contributed by atoms with Crippen LogP contribution in [0.2, 0.25) is 0 Å². The van der Waals surface area contributed by atoms with Crippen LogP contribution in [0.5, 0.6) is 11.5 Å². The Labute approximate surface area is 60.6 Å². The van der Waals surface area contributed by atoms with Crippen LogP contribution in [0.1, 0.15) is 0 Å². The van der Waals surface area contributed by atoms with Crippen LogP contribution in [-0.4, -0.2) is 10.2 Å². The number of anilines is 1. The molecule has 4 N–H and O–H groups in total. The number of aromatic hydroxyl groups is 2. The Bertz CT molecular complexity index is 400. The Balaban J connectivity index is 2.87. The molecule has 0 aliphatic rings. The molecule has 0 atom stereocenters. The summed E-state index contributed by atoms with van der Waals surface area (Å²) >= 11 is 0. The van der Waals surface area contributed by atoms with E-state index in [2.05, 4.69) is 9.15 Å². The van der Waals surface area contributed by atoms with Gasteiger partial charge in [0.1, 0.15) is 11.4 Å². The average Bonchev–Trinajstić information content (AvgIpc) is 1.81. The molecule has 0 spiro atoms. The quantitative estimate of drug-likeness (QED) is 0.228. The number of hydrogen-bond donors (Lipinski definition) is 3. The van der Waals surface area contributed by atoms with Crippen molar-refractivity contribution in [2.24, 2.45) is 0 Å². The number of phenolic OH excluding ortho intramolecular Hbond substituents is 2. The zero-order valence-corrected chi connectivity index (χ0v) is 5.37. The number of nitrogens with two attached hydrogens (primary N) is 1. The van der Waals surface area contributed by atoms with Gasteiger partial charge in [-0.05, 0) is 0 Å². The molecule has 58 valence electrons. The van der Waals surface area contributed by atoms with Crippen LogP contribution in [0.3, 0.4) is 0 Å². The fourth-order valence-electron chi connectivity index (χ4n) is 0.840. The van der Waals surface area contributed by atoms with Gasteiger partial charge in [-0.1, -0.05) is 0 Å². The first-order chi connectivity index (χ1) is 5.20. The maximum Gasteiger partial charge on any atom is 0.269 e. The molecule has 1 aromatic heterocycles. The van der Waals surface area contributed by atoms with Gasteiger partial charge in [-0.3, -0.25) is 9.15 Å². The largest absolute Gasteiger partial charge is 0.505 e. The highest BCUT2D eigenvalue weighted by Gasteiger charge is 2.17. The van der Waals surface area contributed by atoms with E-state index >= 15 is 0 Å². The summed E-state index contributed by atoms with van der Waals surface area (Å²) in [7, 11) is 0.